The van der Waals surface area contributed by atoms with Crippen molar-refractivity contribution in [3.8, 4) is 16.3 Å². The number of rotatable bonds is 7. The Morgan fingerprint density at radius 3 is 2.75 bits per heavy atom. The standard InChI is InChI=1S/C18H22N2O3S/c21-17(22)6-3-15-12-24-18(20-15)14-1-4-16(5-2-14)23-11-13-7-9-19-10-8-13/h1-2,4-5,12-13,19H,3,6-11H2,(H,21,22). The van der Waals surface area contributed by atoms with Crippen LogP contribution in [-0.4, -0.2) is 35.8 Å². The average molecular weight is 346 g/mol. The van der Waals surface area contributed by atoms with Crippen molar-refractivity contribution in [1.29, 1.82) is 0 Å². The van der Waals surface area contributed by atoms with Crippen LogP contribution in [0.2, 0.25) is 0 Å². The summed E-state index contributed by atoms with van der Waals surface area (Å²) in [6.07, 6.45) is 2.95. The number of benzene rings is 1. The van der Waals surface area contributed by atoms with Gasteiger partial charge in [-0.2, -0.15) is 0 Å². The summed E-state index contributed by atoms with van der Waals surface area (Å²) in [5.41, 5.74) is 1.87. The molecule has 0 unspecified atom stereocenters. The number of aryl methyl sites for hydroxylation is 1. The van der Waals surface area contributed by atoms with Crippen molar-refractivity contribution in [2.24, 2.45) is 5.92 Å². The lowest BCUT2D eigenvalue weighted by Crippen LogP contribution is -2.30. The van der Waals surface area contributed by atoms with E-state index in [0.717, 1.165) is 41.7 Å². The second kappa shape index (κ2) is 8.26. The Morgan fingerprint density at radius 2 is 2.04 bits per heavy atom. The Kier molecular flexibility index (Phi) is 5.82. The molecular weight excluding hydrogens is 324 g/mol. The number of aliphatic carboxylic acids is 1. The van der Waals surface area contributed by atoms with E-state index in [2.05, 4.69) is 10.3 Å². The van der Waals surface area contributed by atoms with Crippen LogP contribution < -0.4 is 10.1 Å². The maximum atomic E-state index is 10.6. The van der Waals surface area contributed by atoms with E-state index in [0.29, 0.717) is 12.3 Å². The first-order valence-electron chi connectivity index (χ1n) is 8.31. The SMILES string of the molecule is O=C(O)CCc1csc(-c2ccc(OCC3CCNCC3)cc2)n1. The van der Waals surface area contributed by atoms with Crippen LogP contribution in [0.4, 0.5) is 0 Å². The van der Waals surface area contributed by atoms with Gasteiger partial charge in [-0.05, 0) is 56.1 Å². The fourth-order valence-electron chi connectivity index (χ4n) is 2.75. The molecule has 5 nitrogen and oxygen atoms in total. The van der Waals surface area contributed by atoms with Crippen LogP contribution in [0.15, 0.2) is 29.6 Å². The number of thiazole rings is 1. The number of carboxylic acids is 1. The molecule has 1 aromatic carbocycles. The summed E-state index contributed by atoms with van der Waals surface area (Å²) < 4.78 is 5.90. The minimum absolute atomic E-state index is 0.118. The Bertz CT molecular complexity index is 663. The second-order valence-electron chi connectivity index (χ2n) is 6.07. The lowest BCUT2D eigenvalue weighted by molar-refractivity contribution is -0.136. The predicted molar refractivity (Wildman–Crippen MR) is 94.6 cm³/mol. The van der Waals surface area contributed by atoms with E-state index in [1.807, 2.05) is 29.6 Å². The number of carbonyl (C=O) groups is 1. The van der Waals surface area contributed by atoms with Gasteiger partial charge in [0.25, 0.3) is 0 Å². The topological polar surface area (TPSA) is 71.5 Å². The quantitative estimate of drug-likeness (QED) is 0.805. The zero-order valence-electron chi connectivity index (χ0n) is 13.5. The maximum Gasteiger partial charge on any atom is 0.303 e. The van der Waals surface area contributed by atoms with Gasteiger partial charge < -0.3 is 15.2 Å². The maximum absolute atomic E-state index is 10.6. The summed E-state index contributed by atoms with van der Waals surface area (Å²) in [6.45, 7) is 2.94. The van der Waals surface area contributed by atoms with Crippen molar-refractivity contribution in [2.45, 2.75) is 25.7 Å². The van der Waals surface area contributed by atoms with Gasteiger partial charge in [-0.25, -0.2) is 4.98 Å². The van der Waals surface area contributed by atoms with E-state index in [4.69, 9.17) is 9.84 Å². The van der Waals surface area contributed by atoms with E-state index in [1.54, 1.807) is 11.3 Å². The molecule has 0 radical (unpaired) electrons. The molecule has 0 bridgehead atoms. The summed E-state index contributed by atoms with van der Waals surface area (Å²) >= 11 is 1.54. The first kappa shape index (κ1) is 16.9. The van der Waals surface area contributed by atoms with Gasteiger partial charge in [0, 0.05) is 17.4 Å². The van der Waals surface area contributed by atoms with Gasteiger partial charge in [0.2, 0.25) is 0 Å². The molecule has 2 N–H and O–H groups in total. The molecule has 0 aliphatic carbocycles. The molecule has 1 aliphatic heterocycles. The van der Waals surface area contributed by atoms with Gasteiger partial charge >= 0.3 is 5.97 Å². The van der Waals surface area contributed by atoms with Crippen LogP contribution in [0.5, 0.6) is 5.75 Å². The predicted octanol–water partition coefficient (Wildman–Crippen LogP) is 3.21. The Hall–Kier alpha value is -1.92. The Balaban J connectivity index is 1.54. The number of piperidine rings is 1. The molecule has 24 heavy (non-hydrogen) atoms. The van der Waals surface area contributed by atoms with Gasteiger partial charge in [-0.15, -0.1) is 11.3 Å². The summed E-state index contributed by atoms with van der Waals surface area (Å²) in [7, 11) is 0. The van der Waals surface area contributed by atoms with E-state index >= 15 is 0 Å². The molecule has 2 heterocycles. The lowest BCUT2D eigenvalue weighted by atomic mass is 9.99. The van der Waals surface area contributed by atoms with Crippen molar-refractivity contribution in [3.63, 3.8) is 0 Å². The van der Waals surface area contributed by atoms with Crippen molar-refractivity contribution >= 4 is 17.3 Å². The smallest absolute Gasteiger partial charge is 0.303 e. The highest BCUT2D eigenvalue weighted by Crippen LogP contribution is 2.26. The van der Waals surface area contributed by atoms with E-state index in [9.17, 15) is 4.79 Å². The second-order valence-corrected chi connectivity index (χ2v) is 6.92. The normalized spacial score (nSPS) is 15.3. The minimum atomic E-state index is -0.792. The summed E-state index contributed by atoms with van der Waals surface area (Å²) in [5, 5.41) is 14.9. The molecule has 128 valence electrons. The summed E-state index contributed by atoms with van der Waals surface area (Å²) in [6, 6.07) is 7.98. The number of nitrogens with zero attached hydrogens (tertiary/aromatic N) is 1. The molecule has 0 spiro atoms. The van der Waals surface area contributed by atoms with Crippen molar-refractivity contribution in [2.75, 3.05) is 19.7 Å². The van der Waals surface area contributed by atoms with E-state index in [-0.39, 0.29) is 6.42 Å². The fourth-order valence-corrected chi connectivity index (χ4v) is 3.61. The van der Waals surface area contributed by atoms with Gasteiger partial charge in [0.15, 0.2) is 0 Å². The molecule has 0 saturated carbocycles. The molecule has 3 rings (SSSR count). The molecule has 1 saturated heterocycles. The number of ether oxygens (including phenoxy) is 1. The molecule has 0 atom stereocenters. The first-order valence-corrected chi connectivity index (χ1v) is 9.19. The van der Waals surface area contributed by atoms with Crippen molar-refractivity contribution < 1.29 is 14.6 Å². The molecule has 1 fully saturated rings. The monoisotopic (exact) mass is 346 g/mol. The molecule has 1 aromatic heterocycles. The number of aromatic nitrogens is 1. The average Bonchev–Trinajstić information content (AvgIpc) is 3.08. The fraction of sp³-hybridized carbons (Fsp3) is 0.444. The number of carboxylic acid groups (broad SMARTS) is 1. The van der Waals surface area contributed by atoms with Crippen molar-refractivity contribution in [1.82, 2.24) is 10.3 Å². The highest BCUT2D eigenvalue weighted by molar-refractivity contribution is 7.13. The highest BCUT2D eigenvalue weighted by Gasteiger charge is 2.13. The Labute approximate surface area is 145 Å². The van der Waals surface area contributed by atoms with Crippen LogP contribution in [0.25, 0.3) is 10.6 Å². The van der Waals surface area contributed by atoms with Crippen LogP contribution in [0.1, 0.15) is 25.0 Å². The summed E-state index contributed by atoms with van der Waals surface area (Å²) in [5.74, 6) is 0.737. The zero-order chi connectivity index (χ0) is 16.8. The van der Waals surface area contributed by atoms with E-state index < -0.39 is 5.97 Å². The van der Waals surface area contributed by atoms with Crippen molar-refractivity contribution in [3.05, 3.63) is 35.3 Å². The third-order valence-electron chi connectivity index (χ3n) is 4.19. The van der Waals surface area contributed by atoms with Gasteiger partial charge in [0.1, 0.15) is 10.8 Å². The van der Waals surface area contributed by atoms with Gasteiger partial charge in [-0.1, -0.05) is 0 Å². The van der Waals surface area contributed by atoms with Crippen LogP contribution >= 0.6 is 11.3 Å². The molecule has 2 aromatic rings. The molecule has 6 heteroatoms. The third-order valence-corrected chi connectivity index (χ3v) is 5.13. The minimum Gasteiger partial charge on any atom is -0.493 e. The third kappa shape index (κ3) is 4.79. The van der Waals surface area contributed by atoms with Gasteiger partial charge in [0.05, 0.1) is 18.7 Å². The Morgan fingerprint density at radius 1 is 1.29 bits per heavy atom. The van der Waals surface area contributed by atoms with Crippen LogP contribution in [-0.2, 0) is 11.2 Å². The summed E-state index contributed by atoms with van der Waals surface area (Å²) in [4.78, 5) is 15.1. The zero-order valence-corrected chi connectivity index (χ0v) is 14.3. The van der Waals surface area contributed by atoms with Gasteiger partial charge in [-0.3, -0.25) is 4.79 Å². The van der Waals surface area contributed by atoms with Crippen LogP contribution in [0.3, 0.4) is 0 Å². The number of nitrogens with one attached hydrogen (secondary N) is 1. The number of hydrogen-bond acceptors (Lipinski definition) is 5. The highest BCUT2D eigenvalue weighted by atomic mass is 32.1. The number of hydrogen-bond donors (Lipinski definition) is 2. The molecule has 1 aliphatic rings. The first-order chi connectivity index (χ1) is 11.7. The largest absolute Gasteiger partial charge is 0.493 e. The van der Waals surface area contributed by atoms with Crippen LogP contribution in [0, 0.1) is 5.92 Å². The van der Waals surface area contributed by atoms with E-state index in [1.165, 1.54) is 12.8 Å². The molecule has 0 amide bonds. The lowest BCUT2D eigenvalue weighted by Gasteiger charge is -2.22. The molecular formula is C18H22N2O3S.